The average molecular weight is 409 g/mol. The van der Waals surface area contributed by atoms with Crippen molar-refractivity contribution in [1.82, 2.24) is 15.2 Å². The highest BCUT2D eigenvalue weighted by Gasteiger charge is 2.22. The molecule has 8 heteroatoms. The maximum absolute atomic E-state index is 13.1. The first-order valence-electron chi connectivity index (χ1n) is 8.82. The number of halogens is 1. The standard InChI is InChI=1S/C21H16FN3O3S/c1-12-3-5-14(6-4-12)19-25-24-18(28-19)13(2)27-21(26)17-11-29-20(23-17)15-7-9-16(22)10-8-15/h3-11,13H,1-2H3/t13-/m0/s1. The molecular weight excluding hydrogens is 393 g/mol. The van der Waals surface area contributed by atoms with Crippen LogP contribution in [0, 0.1) is 12.7 Å². The summed E-state index contributed by atoms with van der Waals surface area (Å²) in [6.45, 7) is 3.64. The zero-order valence-corrected chi connectivity index (χ0v) is 16.4. The van der Waals surface area contributed by atoms with Crippen LogP contribution in [0.15, 0.2) is 58.3 Å². The SMILES string of the molecule is Cc1ccc(-c2nnc([C@H](C)OC(=O)c3csc(-c4ccc(F)cc4)n3)o2)cc1. The fourth-order valence-corrected chi connectivity index (χ4v) is 3.37. The van der Waals surface area contributed by atoms with Gasteiger partial charge in [0.2, 0.25) is 5.89 Å². The Morgan fingerprint density at radius 3 is 2.48 bits per heavy atom. The molecule has 0 radical (unpaired) electrons. The molecule has 1 atom stereocenters. The summed E-state index contributed by atoms with van der Waals surface area (Å²) in [7, 11) is 0. The Hall–Kier alpha value is -3.39. The fraction of sp³-hybridized carbons (Fsp3) is 0.143. The smallest absolute Gasteiger partial charge is 0.358 e. The van der Waals surface area contributed by atoms with Gasteiger partial charge in [0.05, 0.1) is 0 Å². The molecule has 0 saturated heterocycles. The summed E-state index contributed by atoms with van der Waals surface area (Å²) in [6.07, 6.45) is -0.731. The number of carbonyl (C=O) groups excluding carboxylic acids is 1. The number of ether oxygens (including phenoxy) is 1. The van der Waals surface area contributed by atoms with E-state index in [1.54, 1.807) is 24.4 Å². The molecule has 0 spiro atoms. The lowest BCUT2D eigenvalue weighted by atomic mass is 10.1. The third kappa shape index (κ3) is 4.22. The lowest BCUT2D eigenvalue weighted by Crippen LogP contribution is -2.10. The molecule has 146 valence electrons. The molecule has 6 nitrogen and oxygen atoms in total. The normalized spacial score (nSPS) is 12.0. The fourth-order valence-electron chi connectivity index (χ4n) is 2.58. The van der Waals surface area contributed by atoms with Crippen molar-refractivity contribution < 1.29 is 18.3 Å². The predicted molar refractivity (Wildman–Crippen MR) is 106 cm³/mol. The van der Waals surface area contributed by atoms with Crippen LogP contribution in [0.25, 0.3) is 22.0 Å². The van der Waals surface area contributed by atoms with Crippen LogP contribution in [-0.4, -0.2) is 21.2 Å². The topological polar surface area (TPSA) is 78.1 Å². The van der Waals surface area contributed by atoms with Crippen LogP contribution in [0.1, 0.15) is 35.0 Å². The zero-order chi connectivity index (χ0) is 20.4. The van der Waals surface area contributed by atoms with Crippen molar-refractivity contribution in [2.75, 3.05) is 0 Å². The van der Waals surface area contributed by atoms with E-state index in [9.17, 15) is 9.18 Å². The van der Waals surface area contributed by atoms with Crippen molar-refractivity contribution in [1.29, 1.82) is 0 Å². The quantitative estimate of drug-likeness (QED) is 0.420. The predicted octanol–water partition coefficient (Wildman–Crippen LogP) is 5.23. The second kappa shape index (κ2) is 7.92. The van der Waals surface area contributed by atoms with E-state index in [4.69, 9.17) is 9.15 Å². The van der Waals surface area contributed by atoms with E-state index in [1.165, 1.54) is 23.5 Å². The van der Waals surface area contributed by atoms with E-state index in [0.717, 1.165) is 16.7 Å². The Bertz CT molecular complexity index is 1140. The van der Waals surface area contributed by atoms with Gasteiger partial charge in [-0.1, -0.05) is 17.7 Å². The van der Waals surface area contributed by atoms with E-state index >= 15 is 0 Å². The summed E-state index contributed by atoms with van der Waals surface area (Å²) >= 11 is 1.28. The molecule has 0 aliphatic rings. The van der Waals surface area contributed by atoms with Crippen molar-refractivity contribution in [3.8, 4) is 22.0 Å². The molecule has 0 fully saturated rings. The summed E-state index contributed by atoms with van der Waals surface area (Å²) < 4.78 is 24.1. The highest BCUT2D eigenvalue weighted by atomic mass is 32.1. The van der Waals surface area contributed by atoms with Gasteiger partial charge in [0, 0.05) is 16.5 Å². The molecule has 4 aromatic rings. The number of aromatic nitrogens is 3. The highest BCUT2D eigenvalue weighted by Crippen LogP contribution is 2.26. The van der Waals surface area contributed by atoms with Gasteiger partial charge in [0.15, 0.2) is 11.8 Å². The number of nitrogens with zero attached hydrogens (tertiary/aromatic N) is 3. The van der Waals surface area contributed by atoms with E-state index in [0.29, 0.717) is 10.9 Å². The maximum Gasteiger partial charge on any atom is 0.358 e. The average Bonchev–Trinajstić information content (AvgIpc) is 3.39. The molecule has 0 bridgehead atoms. The molecule has 2 heterocycles. The minimum atomic E-state index is -0.731. The van der Waals surface area contributed by atoms with Crippen molar-refractivity contribution in [3.05, 3.63) is 76.9 Å². The zero-order valence-electron chi connectivity index (χ0n) is 15.6. The Morgan fingerprint density at radius 1 is 1.07 bits per heavy atom. The summed E-state index contributed by atoms with van der Waals surface area (Å²) in [6, 6.07) is 13.6. The molecule has 2 aromatic heterocycles. The molecule has 0 aliphatic heterocycles. The number of hydrogen-bond acceptors (Lipinski definition) is 7. The van der Waals surface area contributed by atoms with Crippen LogP contribution >= 0.6 is 11.3 Å². The van der Waals surface area contributed by atoms with E-state index < -0.39 is 12.1 Å². The summed E-state index contributed by atoms with van der Waals surface area (Å²) in [5.74, 6) is -0.376. The minimum Gasteiger partial charge on any atom is -0.448 e. The lowest BCUT2D eigenvalue weighted by molar-refractivity contribution is 0.0274. The molecule has 29 heavy (non-hydrogen) atoms. The Labute approximate surface area is 170 Å². The van der Waals surface area contributed by atoms with Crippen molar-refractivity contribution in [3.63, 3.8) is 0 Å². The molecule has 0 N–H and O–H groups in total. The summed E-state index contributed by atoms with van der Waals surface area (Å²) in [4.78, 5) is 16.7. The van der Waals surface area contributed by atoms with Crippen LogP contribution in [0.3, 0.4) is 0 Å². The molecule has 4 rings (SSSR count). The van der Waals surface area contributed by atoms with E-state index in [-0.39, 0.29) is 17.4 Å². The Morgan fingerprint density at radius 2 is 1.76 bits per heavy atom. The second-order valence-electron chi connectivity index (χ2n) is 6.40. The molecule has 0 saturated carbocycles. The van der Waals surface area contributed by atoms with Gasteiger partial charge in [-0.3, -0.25) is 0 Å². The Balaban J connectivity index is 1.45. The van der Waals surface area contributed by atoms with E-state index in [2.05, 4.69) is 15.2 Å². The molecule has 2 aromatic carbocycles. The lowest BCUT2D eigenvalue weighted by Gasteiger charge is -2.07. The summed E-state index contributed by atoms with van der Waals surface area (Å²) in [5, 5.41) is 10.2. The van der Waals surface area contributed by atoms with Crippen LogP contribution in [0.2, 0.25) is 0 Å². The summed E-state index contributed by atoms with van der Waals surface area (Å²) in [5.41, 5.74) is 2.80. The van der Waals surface area contributed by atoms with Crippen LogP contribution in [0.4, 0.5) is 4.39 Å². The third-order valence-electron chi connectivity index (χ3n) is 4.18. The van der Waals surface area contributed by atoms with Crippen LogP contribution in [-0.2, 0) is 4.74 Å². The van der Waals surface area contributed by atoms with Crippen molar-refractivity contribution in [2.45, 2.75) is 20.0 Å². The second-order valence-corrected chi connectivity index (χ2v) is 7.26. The van der Waals surface area contributed by atoms with Gasteiger partial charge in [-0.2, -0.15) is 0 Å². The van der Waals surface area contributed by atoms with Gasteiger partial charge in [-0.05, 0) is 50.2 Å². The molecule has 0 amide bonds. The van der Waals surface area contributed by atoms with Crippen molar-refractivity contribution in [2.24, 2.45) is 0 Å². The number of carbonyl (C=O) groups is 1. The molecule has 0 aliphatic carbocycles. The number of benzene rings is 2. The van der Waals surface area contributed by atoms with Gasteiger partial charge in [-0.25, -0.2) is 14.2 Å². The highest BCUT2D eigenvalue weighted by molar-refractivity contribution is 7.13. The monoisotopic (exact) mass is 409 g/mol. The number of thiazole rings is 1. The van der Waals surface area contributed by atoms with E-state index in [1.807, 2.05) is 31.2 Å². The van der Waals surface area contributed by atoms with Gasteiger partial charge in [0.25, 0.3) is 5.89 Å². The van der Waals surface area contributed by atoms with Gasteiger partial charge < -0.3 is 9.15 Å². The Kier molecular flexibility index (Phi) is 5.18. The number of rotatable bonds is 5. The maximum atomic E-state index is 13.1. The number of esters is 1. The number of hydrogen-bond donors (Lipinski definition) is 0. The first-order chi connectivity index (χ1) is 14.0. The van der Waals surface area contributed by atoms with Crippen molar-refractivity contribution >= 4 is 17.3 Å². The van der Waals surface area contributed by atoms with Gasteiger partial charge >= 0.3 is 5.97 Å². The van der Waals surface area contributed by atoms with Gasteiger partial charge in [0.1, 0.15) is 10.8 Å². The minimum absolute atomic E-state index is 0.166. The number of aryl methyl sites for hydroxylation is 1. The largest absolute Gasteiger partial charge is 0.448 e. The third-order valence-corrected chi connectivity index (χ3v) is 5.07. The van der Waals surface area contributed by atoms with Crippen LogP contribution in [0.5, 0.6) is 0 Å². The first kappa shape index (κ1) is 18.9. The first-order valence-corrected chi connectivity index (χ1v) is 9.70. The van der Waals surface area contributed by atoms with Crippen LogP contribution < -0.4 is 0 Å². The molecule has 0 unspecified atom stereocenters. The van der Waals surface area contributed by atoms with Gasteiger partial charge in [-0.15, -0.1) is 21.5 Å². The molecular formula is C21H16FN3O3S.